The van der Waals surface area contributed by atoms with Gasteiger partial charge in [0.15, 0.2) is 0 Å². The summed E-state index contributed by atoms with van der Waals surface area (Å²) in [5, 5.41) is 0. The number of ether oxygens (including phenoxy) is 1. The number of halogens is 1. The van der Waals surface area contributed by atoms with Gasteiger partial charge in [-0.25, -0.2) is 9.18 Å². The quantitative estimate of drug-likeness (QED) is 0.770. The molecule has 0 aromatic rings. The first-order chi connectivity index (χ1) is 7.70. The van der Waals surface area contributed by atoms with Crippen molar-refractivity contribution in [2.45, 2.75) is 64.4 Å². The van der Waals surface area contributed by atoms with E-state index in [0.717, 1.165) is 0 Å². The van der Waals surface area contributed by atoms with Crippen LogP contribution in [-0.4, -0.2) is 41.4 Å². The number of hydrogen-bond acceptors (Lipinski definition) is 3. The maximum absolute atomic E-state index is 13.3. The van der Waals surface area contributed by atoms with Gasteiger partial charge in [0.25, 0.3) is 0 Å². The minimum Gasteiger partial charge on any atom is -0.444 e. The molecule has 2 N–H and O–H groups in total. The molecule has 17 heavy (non-hydrogen) atoms. The molecule has 3 atom stereocenters. The van der Waals surface area contributed by atoms with Gasteiger partial charge in [-0.15, -0.1) is 0 Å². The van der Waals surface area contributed by atoms with E-state index in [1.54, 1.807) is 11.8 Å². The lowest BCUT2D eigenvalue weighted by Crippen LogP contribution is -2.55. The van der Waals surface area contributed by atoms with E-state index < -0.39 is 17.9 Å². The number of amides is 1. The normalized spacial score (nSPS) is 27.8. The van der Waals surface area contributed by atoms with Crippen LogP contribution < -0.4 is 5.73 Å². The van der Waals surface area contributed by atoms with Gasteiger partial charge >= 0.3 is 6.09 Å². The Kier molecular flexibility index (Phi) is 4.36. The van der Waals surface area contributed by atoms with E-state index >= 15 is 0 Å². The Labute approximate surface area is 102 Å². The van der Waals surface area contributed by atoms with Crippen molar-refractivity contribution in [1.29, 1.82) is 0 Å². The Morgan fingerprint density at radius 2 is 2.12 bits per heavy atom. The van der Waals surface area contributed by atoms with E-state index in [4.69, 9.17) is 10.5 Å². The number of alkyl halides is 1. The Hall–Kier alpha value is -0.840. The summed E-state index contributed by atoms with van der Waals surface area (Å²) in [7, 11) is 0. The second kappa shape index (κ2) is 5.21. The molecule has 100 valence electrons. The zero-order chi connectivity index (χ0) is 13.2. The molecule has 0 aliphatic carbocycles. The molecule has 5 heteroatoms. The highest BCUT2D eigenvalue weighted by atomic mass is 19.1. The van der Waals surface area contributed by atoms with Crippen LogP contribution in [0.1, 0.15) is 40.5 Å². The number of hydrogen-bond donors (Lipinski definition) is 1. The average Bonchev–Trinajstić information content (AvgIpc) is 2.14. The van der Waals surface area contributed by atoms with Gasteiger partial charge in [-0.1, -0.05) is 0 Å². The summed E-state index contributed by atoms with van der Waals surface area (Å²) in [6, 6.07) is -0.519. The topological polar surface area (TPSA) is 55.6 Å². The van der Waals surface area contributed by atoms with Crippen LogP contribution in [0.15, 0.2) is 0 Å². The number of nitrogens with zero attached hydrogens (tertiary/aromatic N) is 1. The molecule has 1 aliphatic rings. The molecule has 0 bridgehead atoms. The number of piperidine rings is 1. The predicted octanol–water partition coefficient (Wildman–Crippen LogP) is 2.07. The minimum absolute atomic E-state index is 0.249. The van der Waals surface area contributed by atoms with E-state index in [1.807, 2.05) is 20.8 Å². The summed E-state index contributed by atoms with van der Waals surface area (Å²) in [5.41, 5.74) is 5.27. The first-order valence-corrected chi connectivity index (χ1v) is 6.10. The maximum atomic E-state index is 13.3. The molecular weight excluding hydrogens is 223 g/mol. The van der Waals surface area contributed by atoms with Crippen molar-refractivity contribution in [1.82, 2.24) is 4.90 Å². The average molecular weight is 246 g/mol. The van der Waals surface area contributed by atoms with Crippen LogP contribution in [0.3, 0.4) is 0 Å². The van der Waals surface area contributed by atoms with Gasteiger partial charge in [0.1, 0.15) is 11.8 Å². The summed E-state index contributed by atoms with van der Waals surface area (Å²) < 4.78 is 18.6. The van der Waals surface area contributed by atoms with Gasteiger partial charge in [0.2, 0.25) is 0 Å². The molecule has 0 aromatic carbocycles. The zero-order valence-corrected chi connectivity index (χ0v) is 11.1. The van der Waals surface area contributed by atoms with Gasteiger partial charge in [0.05, 0.1) is 6.04 Å². The molecule has 1 rings (SSSR count). The predicted molar refractivity (Wildman–Crippen MR) is 64.5 cm³/mol. The van der Waals surface area contributed by atoms with Crippen LogP contribution in [0, 0.1) is 0 Å². The van der Waals surface area contributed by atoms with Gasteiger partial charge < -0.3 is 15.4 Å². The van der Waals surface area contributed by atoms with E-state index in [0.29, 0.717) is 19.4 Å². The lowest BCUT2D eigenvalue weighted by Gasteiger charge is -2.39. The van der Waals surface area contributed by atoms with Gasteiger partial charge in [-0.05, 0) is 34.1 Å². The van der Waals surface area contributed by atoms with E-state index in [2.05, 4.69) is 0 Å². The van der Waals surface area contributed by atoms with Gasteiger partial charge in [0, 0.05) is 19.0 Å². The maximum Gasteiger partial charge on any atom is 0.410 e. The highest BCUT2D eigenvalue weighted by molar-refractivity contribution is 5.68. The van der Waals surface area contributed by atoms with E-state index in [-0.39, 0.29) is 12.1 Å². The molecule has 1 fully saturated rings. The van der Waals surface area contributed by atoms with E-state index in [1.165, 1.54) is 0 Å². The van der Waals surface area contributed by atoms with Crippen molar-refractivity contribution in [3.8, 4) is 0 Å². The second-order valence-corrected chi connectivity index (χ2v) is 5.72. The molecule has 3 unspecified atom stereocenters. The minimum atomic E-state index is -0.871. The Morgan fingerprint density at radius 1 is 1.53 bits per heavy atom. The van der Waals surface area contributed by atoms with E-state index in [9.17, 15) is 9.18 Å². The third-order valence-electron chi connectivity index (χ3n) is 2.82. The van der Waals surface area contributed by atoms with Crippen LogP contribution in [0.2, 0.25) is 0 Å². The van der Waals surface area contributed by atoms with Crippen molar-refractivity contribution in [2.75, 3.05) is 6.54 Å². The van der Waals surface area contributed by atoms with Crippen molar-refractivity contribution in [3.63, 3.8) is 0 Å². The fourth-order valence-electron chi connectivity index (χ4n) is 2.00. The highest BCUT2D eigenvalue weighted by Crippen LogP contribution is 2.24. The lowest BCUT2D eigenvalue weighted by molar-refractivity contribution is -0.00101. The first-order valence-electron chi connectivity index (χ1n) is 6.10. The van der Waals surface area contributed by atoms with Crippen LogP contribution >= 0.6 is 0 Å². The summed E-state index contributed by atoms with van der Waals surface area (Å²) in [6.07, 6.45) is -0.601. The zero-order valence-electron chi connectivity index (χ0n) is 11.1. The second-order valence-electron chi connectivity index (χ2n) is 5.72. The van der Waals surface area contributed by atoms with Crippen molar-refractivity contribution in [3.05, 3.63) is 0 Å². The molecule has 0 aromatic heterocycles. The molecule has 0 spiro atoms. The highest BCUT2D eigenvalue weighted by Gasteiger charge is 2.35. The molecular formula is C12H23FN2O2. The summed E-state index contributed by atoms with van der Waals surface area (Å²) in [4.78, 5) is 13.5. The molecule has 0 radical (unpaired) electrons. The van der Waals surface area contributed by atoms with Gasteiger partial charge in [-0.2, -0.15) is 0 Å². The molecule has 1 heterocycles. The smallest absolute Gasteiger partial charge is 0.410 e. The molecule has 4 nitrogen and oxygen atoms in total. The largest absolute Gasteiger partial charge is 0.444 e. The van der Waals surface area contributed by atoms with Crippen molar-refractivity contribution >= 4 is 6.09 Å². The monoisotopic (exact) mass is 246 g/mol. The standard InChI is InChI=1S/C12H23FN2O2/c1-8(14)10-7-9(13)5-6-15(10)11(16)17-12(2,3)4/h8-10H,5-7,14H2,1-4H3. The van der Waals surface area contributed by atoms with Crippen molar-refractivity contribution < 1.29 is 13.9 Å². The third kappa shape index (κ3) is 4.15. The Bertz CT molecular complexity index is 276. The molecule has 0 saturated carbocycles. The lowest BCUT2D eigenvalue weighted by atomic mass is 9.96. The molecule has 1 saturated heterocycles. The number of carbonyl (C=O) groups excluding carboxylic acids is 1. The Morgan fingerprint density at radius 3 is 2.59 bits per heavy atom. The summed E-state index contributed by atoms with van der Waals surface area (Å²) in [6.45, 7) is 7.61. The van der Waals surface area contributed by atoms with Crippen LogP contribution in [0.5, 0.6) is 0 Å². The first kappa shape index (κ1) is 14.2. The third-order valence-corrected chi connectivity index (χ3v) is 2.82. The van der Waals surface area contributed by atoms with Gasteiger partial charge in [-0.3, -0.25) is 0 Å². The number of nitrogens with two attached hydrogens (primary N) is 1. The van der Waals surface area contributed by atoms with Crippen LogP contribution in [0.4, 0.5) is 9.18 Å². The van der Waals surface area contributed by atoms with Crippen molar-refractivity contribution in [2.24, 2.45) is 5.73 Å². The fourth-order valence-corrected chi connectivity index (χ4v) is 2.00. The summed E-state index contributed by atoms with van der Waals surface area (Å²) >= 11 is 0. The fraction of sp³-hybridized carbons (Fsp3) is 0.917. The summed E-state index contributed by atoms with van der Waals surface area (Å²) in [5.74, 6) is 0. The molecule has 1 aliphatic heterocycles. The number of likely N-dealkylation sites (tertiary alicyclic amines) is 1. The SMILES string of the molecule is CC(N)C1CC(F)CCN1C(=O)OC(C)(C)C. The van der Waals surface area contributed by atoms with Crippen LogP contribution in [0.25, 0.3) is 0 Å². The Balaban J connectivity index is 2.70. The number of rotatable bonds is 1. The molecule has 1 amide bonds. The number of carbonyl (C=O) groups is 1. The van der Waals surface area contributed by atoms with Crippen LogP contribution in [-0.2, 0) is 4.74 Å².